The Morgan fingerprint density at radius 2 is 1.83 bits per heavy atom. The van der Waals surface area contributed by atoms with E-state index in [-0.39, 0.29) is 6.04 Å². The Hall–Kier alpha value is 0.0700. The first-order chi connectivity index (χ1) is 8.49. The molecule has 0 heterocycles. The fraction of sp³-hybridized carbons (Fsp3) is 0.538. The van der Waals surface area contributed by atoms with Gasteiger partial charge in [0.15, 0.2) is 0 Å². The SMILES string of the molecule is CSCC(C)N(C)C(CN)c1cc(Cl)cc(Cl)c1. The number of benzene rings is 1. The number of hydrogen-bond acceptors (Lipinski definition) is 3. The predicted molar refractivity (Wildman–Crippen MR) is 83.9 cm³/mol. The summed E-state index contributed by atoms with van der Waals surface area (Å²) >= 11 is 13.9. The summed E-state index contributed by atoms with van der Waals surface area (Å²) < 4.78 is 0. The maximum atomic E-state index is 6.05. The van der Waals surface area contributed by atoms with Crippen LogP contribution in [0.2, 0.25) is 10.0 Å². The third-order valence-electron chi connectivity index (χ3n) is 3.09. The number of likely N-dealkylation sites (N-methyl/N-ethyl adjacent to an activating group) is 1. The second kappa shape index (κ2) is 7.61. The fourth-order valence-corrected chi connectivity index (χ4v) is 3.23. The summed E-state index contributed by atoms with van der Waals surface area (Å²) in [6, 6.07) is 6.21. The van der Waals surface area contributed by atoms with Gasteiger partial charge in [0.1, 0.15) is 0 Å². The molecule has 2 atom stereocenters. The van der Waals surface area contributed by atoms with Crippen molar-refractivity contribution in [3.63, 3.8) is 0 Å². The second-order valence-electron chi connectivity index (χ2n) is 4.42. The molecule has 0 radical (unpaired) electrons. The largest absolute Gasteiger partial charge is 0.329 e. The summed E-state index contributed by atoms with van der Waals surface area (Å²) in [7, 11) is 2.09. The first-order valence-electron chi connectivity index (χ1n) is 5.86. The van der Waals surface area contributed by atoms with Crippen LogP contribution in [0.4, 0.5) is 0 Å². The van der Waals surface area contributed by atoms with Crippen molar-refractivity contribution in [2.24, 2.45) is 5.73 Å². The Bertz CT molecular complexity index is 367. The zero-order chi connectivity index (χ0) is 13.7. The summed E-state index contributed by atoms with van der Waals surface area (Å²) in [4.78, 5) is 2.28. The highest BCUT2D eigenvalue weighted by molar-refractivity contribution is 7.98. The van der Waals surface area contributed by atoms with E-state index in [9.17, 15) is 0 Å². The Balaban J connectivity index is 2.94. The highest BCUT2D eigenvalue weighted by Gasteiger charge is 2.20. The van der Waals surface area contributed by atoms with E-state index >= 15 is 0 Å². The van der Waals surface area contributed by atoms with Crippen LogP contribution in [0.5, 0.6) is 0 Å². The van der Waals surface area contributed by atoms with Crippen molar-refractivity contribution >= 4 is 35.0 Å². The molecule has 0 aromatic heterocycles. The molecular weight excluding hydrogens is 287 g/mol. The lowest BCUT2D eigenvalue weighted by Crippen LogP contribution is -2.38. The maximum Gasteiger partial charge on any atom is 0.0471 e. The van der Waals surface area contributed by atoms with Gasteiger partial charge in [-0.1, -0.05) is 23.2 Å². The molecule has 5 heteroatoms. The van der Waals surface area contributed by atoms with Crippen molar-refractivity contribution < 1.29 is 0 Å². The van der Waals surface area contributed by atoms with Gasteiger partial charge in [-0.2, -0.15) is 11.8 Å². The van der Waals surface area contributed by atoms with Crippen LogP contribution in [0.1, 0.15) is 18.5 Å². The van der Waals surface area contributed by atoms with E-state index in [4.69, 9.17) is 28.9 Å². The molecule has 0 aliphatic carbocycles. The number of halogens is 2. The topological polar surface area (TPSA) is 29.3 Å². The molecule has 102 valence electrons. The van der Waals surface area contributed by atoms with Gasteiger partial charge in [-0.05, 0) is 44.0 Å². The van der Waals surface area contributed by atoms with Gasteiger partial charge < -0.3 is 5.73 Å². The summed E-state index contributed by atoms with van der Waals surface area (Å²) in [6.45, 7) is 2.75. The van der Waals surface area contributed by atoms with Gasteiger partial charge in [-0.25, -0.2) is 0 Å². The highest BCUT2D eigenvalue weighted by atomic mass is 35.5. The number of thioether (sulfide) groups is 1. The highest BCUT2D eigenvalue weighted by Crippen LogP contribution is 2.27. The second-order valence-corrected chi connectivity index (χ2v) is 6.21. The third-order valence-corrected chi connectivity index (χ3v) is 4.34. The summed E-state index contributed by atoms with van der Waals surface area (Å²) in [6.07, 6.45) is 2.11. The average molecular weight is 307 g/mol. The molecule has 2 unspecified atom stereocenters. The van der Waals surface area contributed by atoms with Crippen LogP contribution in [0.25, 0.3) is 0 Å². The minimum Gasteiger partial charge on any atom is -0.329 e. The minimum absolute atomic E-state index is 0.142. The minimum atomic E-state index is 0.142. The Kier molecular flexibility index (Phi) is 6.82. The molecule has 2 nitrogen and oxygen atoms in total. The van der Waals surface area contributed by atoms with E-state index in [0.717, 1.165) is 11.3 Å². The van der Waals surface area contributed by atoms with E-state index in [2.05, 4.69) is 25.1 Å². The Morgan fingerprint density at radius 3 is 2.28 bits per heavy atom. The van der Waals surface area contributed by atoms with Crippen molar-refractivity contribution in [3.05, 3.63) is 33.8 Å². The Morgan fingerprint density at radius 1 is 1.28 bits per heavy atom. The molecule has 2 N–H and O–H groups in total. The molecule has 0 aliphatic rings. The summed E-state index contributed by atoms with van der Waals surface area (Å²) in [5.41, 5.74) is 6.98. The first-order valence-corrected chi connectivity index (χ1v) is 8.01. The van der Waals surface area contributed by atoms with E-state index in [1.54, 1.807) is 6.07 Å². The zero-order valence-corrected chi connectivity index (χ0v) is 13.3. The van der Waals surface area contributed by atoms with Gasteiger partial charge >= 0.3 is 0 Å². The average Bonchev–Trinajstić information content (AvgIpc) is 2.28. The molecule has 1 aromatic carbocycles. The normalized spacial score (nSPS) is 14.8. The summed E-state index contributed by atoms with van der Waals surface area (Å²) in [5, 5.41) is 1.31. The van der Waals surface area contributed by atoms with Crippen molar-refractivity contribution in [2.45, 2.75) is 19.0 Å². The van der Waals surface area contributed by atoms with Gasteiger partial charge in [-0.3, -0.25) is 4.90 Å². The van der Waals surface area contributed by atoms with Gasteiger partial charge in [0.25, 0.3) is 0 Å². The van der Waals surface area contributed by atoms with E-state index in [1.807, 2.05) is 23.9 Å². The molecule has 0 saturated heterocycles. The molecule has 1 rings (SSSR count). The van der Waals surface area contributed by atoms with Crippen LogP contribution in [0.3, 0.4) is 0 Å². The van der Waals surface area contributed by atoms with Gasteiger partial charge in [0.2, 0.25) is 0 Å². The molecule has 1 aromatic rings. The fourth-order valence-electron chi connectivity index (χ4n) is 1.97. The number of rotatable bonds is 6. The molecular formula is C13H20Cl2N2S. The maximum absolute atomic E-state index is 6.05. The first kappa shape index (κ1) is 16.1. The summed E-state index contributed by atoms with van der Waals surface area (Å²) in [5.74, 6) is 1.07. The third kappa shape index (κ3) is 4.32. The van der Waals surface area contributed by atoms with Crippen LogP contribution in [-0.4, -0.2) is 36.5 Å². The van der Waals surface area contributed by atoms with Crippen LogP contribution >= 0.6 is 35.0 Å². The van der Waals surface area contributed by atoms with Gasteiger partial charge in [0.05, 0.1) is 0 Å². The quantitative estimate of drug-likeness (QED) is 0.869. The lowest BCUT2D eigenvalue weighted by molar-refractivity contribution is 0.204. The van der Waals surface area contributed by atoms with Crippen LogP contribution in [0, 0.1) is 0 Å². The van der Waals surface area contributed by atoms with Crippen LogP contribution in [0.15, 0.2) is 18.2 Å². The number of hydrogen-bond donors (Lipinski definition) is 1. The van der Waals surface area contributed by atoms with Gasteiger partial charge in [0, 0.05) is 34.4 Å². The van der Waals surface area contributed by atoms with Crippen LogP contribution < -0.4 is 5.73 Å². The van der Waals surface area contributed by atoms with E-state index < -0.39 is 0 Å². The lowest BCUT2D eigenvalue weighted by Gasteiger charge is -2.32. The van der Waals surface area contributed by atoms with Crippen molar-refractivity contribution in [1.29, 1.82) is 0 Å². The van der Waals surface area contributed by atoms with Crippen molar-refractivity contribution in [1.82, 2.24) is 4.90 Å². The standard InChI is InChI=1S/C13H20Cl2N2S/c1-9(8-18-3)17(2)13(7-16)10-4-11(14)6-12(15)5-10/h4-6,9,13H,7-8,16H2,1-3H3. The van der Waals surface area contributed by atoms with Gasteiger partial charge in [-0.15, -0.1) is 0 Å². The zero-order valence-electron chi connectivity index (χ0n) is 11.0. The number of nitrogens with two attached hydrogens (primary N) is 1. The smallest absolute Gasteiger partial charge is 0.0471 e. The number of nitrogens with zero attached hydrogens (tertiary/aromatic N) is 1. The van der Waals surface area contributed by atoms with Crippen LogP contribution in [-0.2, 0) is 0 Å². The molecule has 0 amide bonds. The van der Waals surface area contributed by atoms with E-state index in [1.165, 1.54) is 0 Å². The predicted octanol–water partition coefficient (Wildman–Crippen LogP) is 3.68. The molecule has 0 spiro atoms. The molecule has 0 aliphatic heterocycles. The Labute approximate surface area is 124 Å². The molecule has 0 fully saturated rings. The molecule has 0 bridgehead atoms. The van der Waals surface area contributed by atoms with Crippen molar-refractivity contribution in [3.8, 4) is 0 Å². The molecule has 18 heavy (non-hydrogen) atoms. The molecule has 0 saturated carbocycles. The van der Waals surface area contributed by atoms with E-state index in [0.29, 0.717) is 22.6 Å². The lowest BCUT2D eigenvalue weighted by atomic mass is 10.0. The monoisotopic (exact) mass is 306 g/mol. The van der Waals surface area contributed by atoms with Crippen molar-refractivity contribution in [2.75, 3.05) is 25.6 Å².